The summed E-state index contributed by atoms with van der Waals surface area (Å²) < 4.78 is 7.34. The fourth-order valence-corrected chi connectivity index (χ4v) is 4.61. The van der Waals surface area contributed by atoms with Gasteiger partial charge in [-0.1, -0.05) is 37.5 Å². The smallest absolute Gasteiger partial charge is 0.213 e. The van der Waals surface area contributed by atoms with Crippen molar-refractivity contribution in [2.45, 2.75) is 51.4 Å². The third-order valence-corrected chi connectivity index (χ3v) is 5.99. The van der Waals surface area contributed by atoms with Gasteiger partial charge in [-0.05, 0) is 43.5 Å². The Bertz CT molecular complexity index is 892. The first kappa shape index (κ1) is 17.2. The Morgan fingerprint density at radius 3 is 2.69 bits per heavy atom. The summed E-state index contributed by atoms with van der Waals surface area (Å²) in [6, 6.07) is 7.75. The van der Waals surface area contributed by atoms with Crippen molar-refractivity contribution in [3.63, 3.8) is 0 Å². The highest BCUT2D eigenvalue weighted by Crippen LogP contribution is 2.36. The second-order valence-electron chi connectivity index (χ2n) is 6.81. The van der Waals surface area contributed by atoms with Crippen molar-refractivity contribution in [3.8, 4) is 17.0 Å². The van der Waals surface area contributed by atoms with E-state index in [4.69, 9.17) is 14.8 Å². The van der Waals surface area contributed by atoms with Crippen molar-refractivity contribution < 1.29 is 9.53 Å². The molecule has 3 aromatic rings. The van der Waals surface area contributed by atoms with E-state index in [1.54, 1.807) is 15.9 Å². The maximum absolute atomic E-state index is 11.7. The number of carbonyl (C=O) groups is 1. The van der Waals surface area contributed by atoms with Gasteiger partial charge in [0.25, 0.3) is 0 Å². The molecule has 0 N–H and O–H groups in total. The average Bonchev–Trinajstić information content (AvgIpc) is 3.25. The van der Waals surface area contributed by atoms with Gasteiger partial charge in [-0.3, -0.25) is 4.79 Å². The number of hydrogen-bond donors (Lipinski definition) is 0. The lowest BCUT2D eigenvalue weighted by Crippen LogP contribution is -2.05. The monoisotopic (exact) mass is 369 g/mol. The lowest BCUT2D eigenvalue weighted by atomic mass is 9.90. The molecule has 0 spiro atoms. The Kier molecular flexibility index (Phi) is 5.02. The molecule has 6 heteroatoms. The predicted molar refractivity (Wildman–Crippen MR) is 103 cm³/mol. The van der Waals surface area contributed by atoms with E-state index in [1.165, 1.54) is 32.1 Å². The summed E-state index contributed by atoms with van der Waals surface area (Å²) in [5, 5.41) is 5.84. The molecule has 0 saturated heterocycles. The minimum Gasteiger partial charge on any atom is -0.494 e. The predicted octanol–water partition coefficient (Wildman–Crippen LogP) is 5.11. The molecule has 136 valence electrons. The van der Waals surface area contributed by atoms with Crippen LogP contribution in [-0.2, 0) is 0 Å². The Morgan fingerprint density at radius 1 is 1.23 bits per heavy atom. The number of rotatable bonds is 6. The quantitative estimate of drug-likeness (QED) is 0.567. The first-order valence-electron chi connectivity index (χ1n) is 9.38. The second-order valence-corrected chi connectivity index (χ2v) is 7.79. The normalized spacial score (nSPS) is 15.4. The van der Waals surface area contributed by atoms with Crippen molar-refractivity contribution in [2.75, 3.05) is 6.61 Å². The zero-order chi connectivity index (χ0) is 17.9. The third-order valence-electron chi connectivity index (χ3n) is 4.92. The van der Waals surface area contributed by atoms with Crippen LogP contribution < -0.4 is 4.74 Å². The van der Waals surface area contributed by atoms with Gasteiger partial charge in [-0.15, -0.1) is 0 Å². The molecule has 1 saturated carbocycles. The van der Waals surface area contributed by atoms with E-state index < -0.39 is 0 Å². The fourth-order valence-electron chi connectivity index (χ4n) is 3.54. The zero-order valence-corrected chi connectivity index (χ0v) is 15.8. The van der Waals surface area contributed by atoms with Gasteiger partial charge < -0.3 is 4.74 Å². The van der Waals surface area contributed by atoms with Crippen molar-refractivity contribution in [2.24, 2.45) is 0 Å². The van der Waals surface area contributed by atoms with Crippen LogP contribution in [0.15, 0.2) is 24.3 Å². The second kappa shape index (κ2) is 7.58. The van der Waals surface area contributed by atoms with Gasteiger partial charge in [0.2, 0.25) is 4.96 Å². The minimum absolute atomic E-state index is 0.522. The Balaban J connectivity index is 1.65. The summed E-state index contributed by atoms with van der Waals surface area (Å²) in [7, 11) is 0. The molecule has 4 rings (SSSR count). The minimum atomic E-state index is 0.522. The SMILES string of the molecule is CCCOc1ccc(-c2nc3sc(C4CCCCC4)nn3c2C=O)cc1. The molecule has 0 unspecified atom stereocenters. The molecule has 26 heavy (non-hydrogen) atoms. The van der Waals surface area contributed by atoms with E-state index in [1.807, 2.05) is 24.3 Å². The van der Waals surface area contributed by atoms with Crippen LogP contribution in [0.2, 0.25) is 0 Å². The van der Waals surface area contributed by atoms with E-state index in [-0.39, 0.29) is 0 Å². The molecular weight excluding hydrogens is 346 g/mol. The van der Waals surface area contributed by atoms with Gasteiger partial charge in [0.15, 0.2) is 6.29 Å². The molecule has 2 heterocycles. The van der Waals surface area contributed by atoms with E-state index in [9.17, 15) is 4.79 Å². The molecule has 2 aromatic heterocycles. The molecule has 0 bridgehead atoms. The summed E-state index contributed by atoms with van der Waals surface area (Å²) in [4.78, 5) is 17.3. The topological polar surface area (TPSA) is 56.5 Å². The molecule has 0 amide bonds. The Morgan fingerprint density at radius 2 is 2.00 bits per heavy atom. The molecule has 1 aliphatic carbocycles. The van der Waals surface area contributed by atoms with Crippen LogP contribution in [0.3, 0.4) is 0 Å². The van der Waals surface area contributed by atoms with Crippen LogP contribution in [0, 0.1) is 0 Å². The fraction of sp³-hybridized carbons (Fsp3) is 0.450. The van der Waals surface area contributed by atoms with Gasteiger partial charge in [0.05, 0.1) is 6.61 Å². The first-order valence-corrected chi connectivity index (χ1v) is 10.2. The molecule has 1 aliphatic rings. The van der Waals surface area contributed by atoms with E-state index in [0.717, 1.165) is 34.0 Å². The number of imidazole rings is 1. The highest BCUT2D eigenvalue weighted by Gasteiger charge is 2.23. The Labute approximate surface area is 157 Å². The van der Waals surface area contributed by atoms with Gasteiger partial charge in [0, 0.05) is 11.5 Å². The molecule has 5 nitrogen and oxygen atoms in total. The summed E-state index contributed by atoms with van der Waals surface area (Å²) in [5.41, 5.74) is 2.13. The van der Waals surface area contributed by atoms with Crippen molar-refractivity contribution >= 4 is 22.6 Å². The lowest BCUT2D eigenvalue weighted by molar-refractivity contribution is 0.111. The van der Waals surface area contributed by atoms with Crippen LogP contribution in [-0.4, -0.2) is 27.5 Å². The summed E-state index contributed by atoms with van der Waals surface area (Å²) in [5.74, 6) is 1.36. The number of fused-ring (bicyclic) bond motifs is 1. The van der Waals surface area contributed by atoms with Crippen LogP contribution in [0.4, 0.5) is 0 Å². The van der Waals surface area contributed by atoms with Crippen LogP contribution >= 0.6 is 11.3 Å². The van der Waals surface area contributed by atoms with Crippen molar-refractivity contribution in [3.05, 3.63) is 35.0 Å². The number of benzene rings is 1. The van der Waals surface area contributed by atoms with E-state index >= 15 is 0 Å². The summed E-state index contributed by atoms with van der Waals surface area (Å²) in [6.07, 6.45) is 8.08. The van der Waals surface area contributed by atoms with E-state index in [0.29, 0.717) is 23.9 Å². The lowest BCUT2D eigenvalue weighted by Gasteiger charge is -2.18. The van der Waals surface area contributed by atoms with Crippen molar-refractivity contribution in [1.29, 1.82) is 0 Å². The highest BCUT2D eigenvalue weighted by atomic mass is 32.1. The molecule has 0 atom stereocenters. The van der Waals surface area contributed by atoms with Gasteiger partial charge >= 0.3 is 0 Å². The number of hydrogen-bond acceptors (Lipinski definition) is 5. The number of nitrogens with zero attached hydrogens (tertiary/aromatic N) is 3. The van der Waals surface area contributed by atoms with Gasteiger partial charge in [-0.25, -0.2) is 4.98 Å². The number of aromatic nitrogens is 3. The summed E-state index contributed by atoms with van der Waals surface area (Å²) >= 11 is 1.62. The van der Waals surface area contributed by atoms with Gasteiger partial charge in [-0.2, -0.15) is 9.61 Å². The molecule has 0 radical (unpaired) electrons. The zero-order valence-electron chi connectivity index (χ0n) is 15.0. The number of carbonyl (C=O) groups excluding carboxylic acids is 1. The number of ether oxygens (including phenoxy) is 1. The maximum Gasteiger partial charge on any atom is 0.213 e. The maximum atomic E-state index is 11.7. The molecular formula is C20H23N3O2S. The van der Waals surface area contributed by atoms with Crippen LogP contribution in [0.5, 0.6) is 5.75 Å². The average molecular weight is 369 g/mol. The first-order chi connectivity index (χ1) is 12.8. The van der Waals surface area contributed by atoms with Crippen LogP contribution in [0.1, 0.15) is 66.9 Å². The highest BCUT2D eigenvalue weighted by molar-refractivity contribution is 7.16. The van der Waals surface area contributed by atoms with Crippen LogP contribution in [0.25, 0.3) is 16.2 Å². The standard InChI is InChI=1S/C20H23N3O2S/c1-2-12-25-16-10-8-14(9-11-16)18-17(13-24)23-20(21-18)26-19(22-23)15-6-4-3-5-7-15/h8-11,13,15H,2-7,12H2,1H3. The molecule has 1 aromatic carbocycles. The largest absolute Gasteiger partial charge is 0.494 e. The van der Waals surface area contributed by atoms with E-state index in [2.05, 4.69) is 6.92 Å². The molecule has 0 aliphatic heterocycles. The molecule has 1 fully saturated rings. The Hall–Kier alpha value is -2.21. The van der Waals surface area contributed by atoms with Gasteiger partial charge in [0.1, 0.15) is 22.1 Å². The summed E-state index contributed by atoms with van der Waals surface area (Å²) in [6.45, 7) is 2.78. The third kappa shape index (κ3) is 3.26. The number of aldehydes is 1. The van der Waals surface area contributed by atoms with Crippen molar-refractivity contribution in [1.82, 2.24) is 14.6 Å².